The van der Waals surface area contributed by atoms with Crippen molar-refractivity contribution < 1.29 is 48.4 Å². The summed E-state index contributed by atoms with van der Waals surface area (Å²) < 4.78 is 33.2. The van der Waals surface area contributed by atoms with E-state index in [1.807, 2.05) is 0 Å². The third-order valence-electron chi connectivity index (χ3n) is 6.68. The van der Waals surface area contributed by atoms with Crippen LogP contribution in [0.1, 0.15) is 44.6 Å². The highest BCUT2D eigenvalue weighted by Crippen LogP contribution is 2.35. The Hall–Kier alpha value is -2.55. The molecule has 1 aromatic carbocycles. The first kappa shape index (κ1) is 30.0. The molecule has 0 aromatic heterocycles. The summed E-state index contributed by atoms with van der Waals surface area (Å²) >= 11 is 0. The summed E-state index contributed by atoms with van der Waals surface area (Å²) in [6, 6.07) is 2.09. The van der Waals surface area contributed by atoms with Crippen LogP contribution in [0.15, 0.2) is 12.1 Å². The Morgan fingerprint density at radius 3 is 2.68 bits per heavy atom. The van der Waals surface area contributed by atoms with Gasteiger partial charge in [-0.15, -0.1) is 0 Å². The highest BCUT2D eigenvalue weighted by molar-refractivity contribution is 5.76. The first-order chi connectivity index (χ1) is 18.3. The molecule has 1 amide bonds. The summed E-state index contributed by atoms with van der Waals surface area (Å²) in [7, 11) is 2.83. The Balaban J connectivity index is 1.53. The van der Waals surface area contributed by atoms with Gasteiger partial charge in [0.1, 0.15) is 18.3 Å². The summed E-state index contributed by atoms with van der Waals surface area (Å²) in [5.74, 6) is 0.157. The molecular weight excluding hydrogens is 504 g/mol. The molecule has 3 rings (SSSR count). The Bertz CT molecular complexity index is 925. The van der Waals surface area contributed by atoms with Crippen LogP contribution in [0.5, 0.6) is 11.5 Å². The average molecular weight is 543 g/mol. The van der Waals surface area contributed by atoms with Gasteiger partial charge in [0, 0.05) is 20.1 Å². The van der Waals surface area contributed by atoms with Crippen LogP contribution in [0, 0.1) is 10.1 Å². The summed E-state index contributed by atoms with van der Waals surface area (Å²) in [5, 5.41) is 34.5. The highest BCUT2D eigenvalue weighted by Gasteiger charge is 2.44. The van der Waals surface area contributed by atoms with E-state index in [1.165, 1.54) is 26.4 Å². The molecule has 0 saturated carbocycles. The predicted molar refractivity (Wildman–Crippen MR) is 133 cm³/mol. The van der Waals surface area contributed by atoms with E-state index in [2.05, 4.69) is 5.32 Å². The molecule has 6 unspecified atom stereocenters. The van der Waals surface area contributed by atoms with E-state index in [-0.39, 0.29) is 43.6 Å². The van der Waals surface area contributed by atoms with Crippen molar-refractivity contribution in [2.45, 2.75) is 82.4 Å². The zero-order valence-electron chi connectivity index (χ0n) is 22.0. The average Bonchev–Trinajstić information content (AvgIpc) is 2.92. The van der Waals surface area contributed by atoms with E-state index < -0.39 is 41.7 Å². The lowest BCUT2D eigenvalue weighted by Crippen LogP contribution is -2.63. The molecule has 1 aromatic rings. The molecule has 2 saturated heterocycles. The molecule has 2 aliphatic rings. The van der Waals surface area contributed by atoms with E-state index in [9.17, 15) is 25.1 Å². The fourth-order valence-corrected chi connectivity index (χ4v) is 4.63. The summed E-state index contributed by atoms with van der Waals surface area (Å²) in [5.41, 5.74) is 0.177. The minimum Gasteiger partial charge on any atom is -0.493 e. The number of aliphatic hydroxyl groups is 2. The second-order valence-corrected chi connectivity index (χ2v) is 9.29. The minimum atomic E-state index is -1.06. The van der Waals surface area contributed by atoms with E-state index in [4.69, 9.17) is 28.4 Å². The van der Waals surface area contributed by atoms with E-state index in [0.29, 0.717) is 24.3 Å². The summed E-state index contributed by atoms with van der Waals surface area (Å²) in [4.78, 5) is 23.7. The number of carbonyl (C=O) groups excluding carboxylic acids is 1. The molecule has 13 nitrogen and oxygen atoms in total. The van der Waals surface area contributed by atoms with Crippen LogP contribution >= 0.6 is 0 Å². The van der Waals surface area contributed by atoms with Crippen molar-refractivity contribution in [3.8, 4) is 11.5 Å². The molecule has 0 aliphatic carbocycles. The van der Waals surface area contributed by atoms with Gasteiger partial charge < -0.3 is 44.0 Å². The lowest BCUT2D eigenvalue weighted by molar-refractivity contribution is -0.386. The number of rotatable bonds is 13. The fourth-order valence-electron chi connectivity index (χ4n) is 4.63. The predicted octanol–water partition coefficient (Wildman–Crippen LogP) is 1.45. The lowest BCUT2D eigenvalue weighted by Gasteiger charge is -2.42. The molecule has 0 radical (unpaired) electrons. The minimum absolute atomic E-state index is 0.00404. The number of nitro benzene ring substituents is 1. The number of ether oxygens (including phenoxy) is 6. The zero-order valence-corrected chi connectivity index (χ0v) is 22.0. The van der Waals surface area contributed by atoms with Crippen LogP contribution < -0.4 is 14.8 Å². The molecule has 214 valence electrons. The van der Waals surface area contributed by atoms with Gasteiger partial charge in [-0.3, -0.25) is 14.9 Å². The highest BCUT2D eigenvalue weighted by atomic mass is 16.7. The molecular formula is C25H38N2O11. The van der Waals surface area contributed by atoms with E-state index in [0.717, 1.165) is 19.3 Å². The van der Waals surface area contributed by atoms with Crippen molar-refractivity contribution in [1.82, 2.24) is 5.32 Å². The normalized spacial score (nSPS) is 27.5. The molecule has 3 N–H and O–H groups in total. The van der Waals surface area contributed by atoms with Crippen LogP contribution in [-0.4, -0.2) is 91.8 Å². The Morgan fingerprint density at radius 1 is 1.26 bits per heavy atom. The van der Waals surface area contributed by atoms with Gasteiger partial charge in [0.25, 0.3) is 5.69 Å². The van der Waals surface area contributed by atoms with Gasteiger partial charge >= 0.3 is 0 Å². The molecule has 0 spiro atoms. The number of amides is 1. The van der Waals surface area contributed by atoms with Crippen LogP contribution in [0.2, 0.25) is 0 Å². The second kappa shape index (κ2) is 14.6. The van der Waals surface area contributed by atoms with Gasteiger partial charge in [0.05, 0.1) is 55.6 Å². The molecule has 38 heavy (non-hydrogen) atoms. The largest absolute Gasteiger partial charge is 0.493 e. The van der Waals surface area contributed by atoms with Gasteiger partial charge in [-0.1, -0.05) is 0 Å². The number of methoxy groups -OCH3 is 2. The smallest absolute Gasteiger partial charge is 0.278 e. The molecule has 0 bridgehead atoms. The second-order valence-electron chi connectivity index (χ2n) is 9.29. The van der Waals surface area contributed by atoms with Gasteiger partial charge in [0.15, 0.2) is 17.8 Å². The summed E-state index contributed by atoms with van der Waals surface area (Å²) in [6.45, 7) is 2.08. The third kappa shape index (κ3) is 7.74. The number of nitrogens with zero attached hydrogens (tertiary/aromatic N) is 1. The van der Waals surface area contributed by atoms with Crippen molar-refractivity contribution in [3.63, 3.8) is 0 Å². The first-order valence-electron chi connectivity index (χ1n) is 12.8. The number of hydrogen-bond donors (Lipinski definition) is 3. The maximum atomic E-state index is 12.5. The van der Waals surface area contributed by atoms with Crippen molar-refractivity contribution in [1.29, 1.82) is 0 Å². The topological polar surface area (TPSA) is 168 Å². The lowest BCUT2D eigenvalue weighted by atomic mass is 9.93. The first-order valence-corrected chi connectivity index (χ1v) is 12.8. The molecule has 13 heteroatoms. The van der Waals surface area contributed by atoms with Crippen LogP contribution in [0.4, 0.5) is 5.69 Å². The number of nitro groups is 1. The molecule has 2 heterocycles. The number of benzene rings is 1. The van der Waals surface area contributed by atoms with E-state index in [1.54, 1.807) is 6.92 Å². The fraction of sp³-hybridized carbons (Fsp3) is 0.720. The number of carbonyl (C=O) groups is 1. The van der Waals surface area contributed by atoms with Crippen LogP contribution in [0.25, 0.3) is 0 Å². The van der Waals surface area contributed by atoms with Crippen molar-refractivity contribution in [2.24, 2.45) is 0 Å². The number of aliphatic hydroxyl groups excluding tert-OH is 2. The molecule has 2 aliphatic heterocycles. The Kier molecular flexibility index (Phi) is 11.5. The molecule has 2 fully saturated rings. The maximum absolute atomic E-state index is 12.5. The van der Waals surface area contributed by atoms with Gasteiger partial charge in [-0.2, -0.15) is 0 Å². The van der Waals surface area contributed by atoms with Crippen LogP contribution in [-0.2, 0) is 30.3 Å². The number of nitrogens with one attached hydrogen (secondary N) is 1. The SMILES string of the molecule is COc1cc(COC2CCCCO2)c([N+](=O)[O-])cc1OCCCC(=O)NC1C(C)OC(CO)C(OC)C1O. The maximum Gasteiger partial charge on any atom is 0.278 e. The van der Waals surface area contributed by atoms with Gasteiger partial charge in [-0.25, -0.2) is 0 Å². The zero-order chi connectivity index (χ0) is 27.7. The van der Waals surface area contributed by atoms with Crippen molar-refractivity contribution >= 4 is 11.6 Å². The van der Waals surface area contributed by atoms with E-state index >= 15 is 0 Å². The van der Waals surface area contributed by atoms with Crippen molar-refractivity contribution in [3.05, 3.63) is 27.8 Å². The van der Waals surface area contributed by atoms with Gasteiger partial charge in [-0.05, 0) is 38.7 Å². The van der Waals surface area contributed by atoms with Crippen molar-refractivity contribution in [2.75, 3.05) is 34.0 Å². The Morgan fingerprint density at radius 2 is 2.05 bits per heavy atom. The molecule has 6 atom stereocenters. The Labute approximate surface area is 221 Å². The van der Waals surface area contributed by atoms with Crippen LogP contribution in [0.3, 0.4) is 0 Å². The summed E-state index contributed by atoms with van der Waals surface area (Å²) in [6.07, 6.45) is -0.390. The number of hydrogen-bond acceptors (Lipinski definition) is 11. The third-order valence-corrected chi connectivity index (χ3v) is 6.68. The quantitative estimate of drug-likeness (QED) is 0.187. The van der Waals surface area contributed by atoms with Gasteiger partial charge in [0.2, 0.25) is 5.91 Å². The monoisotopic (exact) mass is 542 g/mol. The standard InChI is InChI=1S/C25H38N2O11/c1-15-23(24(30)25(34-3)20(13-28)38-15)26-21(29)7-6-10-35-19-12-17(27(31)32)16(11-18(19)33-2)14-37-22-8-4-5-9-36-22/h11-12,15,20,22-25,28,30H,4-10,13-14H2,1-3H3,(H,26,29).